The lowest BCUT2D eigenvalue weighted by Crippen LogP contribution is -2.08. The fourth-order valence-electron chi connectivity index (χ4n) is 1.12. The number of ether oxygens (including phenoxy) is 1. The fourth-order valence-corrected chi connectivity index (χ4v) is 1.12. The van der Waals surface area contributed by atoms with Crippen LogP contribution in [0.2, 0.25) is 0 Å². The molecule has 0 aliphatic heterocycles. The van der Waals surface area contributed by atoms with Crippen LogP contribution < -0.4 is 10.3 Å². The molecule has 0 aliphatic carbocycles. The molecular weight excluding hydrogens is 170 g/mol. The van der Waals surface area contributed by atoms with E-state index in [0.717, 1.165) is 0 Å². The molecule has 13 heavy (non-hydrogen) atoms. The van der Waals surface area contributed by atoms with Gasteiger partial charge in [0.05, 0.1) is 13.4 Å². The summed E-state index contributed by atoms with van der Waals surface area (Å²) in [6, 6.07) is 1.66. The number of aromatic nitrogens is 3. The number of H-pyrrole nitrogens is 1. The smallest absolute Gasteiger partial charge is 0.277 e. The Bertz CT molecular complexity index is 492. The first-order chi connectivity index (χ1) is 6.33. The summed E-state index contributed by atoms with van der Waals surface area (Å²) in [5.41, 5.74) is 0.513. The molecule has 0 radical (unpaired) electrons. The molecule has 5 heteroatoms. The minimum atomic E-state index is -0.260. The van der Waals surface area contributed by atoms with Crippen molar-refractivity contribution in [1.29, 1.82) is 0 Å². The molecule has 0 saturated carbocycles. The summed E-state index contributed by atoms with van der Waals surface area (Å²) in [5, 5.41) is 0. The van der Waals surface area contributed by atoms with Crippen LogP contribution in [0.4, 0.5) is 0 Å². The molecule has 2 aromatic heterocycles. The number of fused-ring (bicyclic) bond motifs is 1. The molecule has 0 fully saturated rings. The highest BCUT2D eigenvalue weighted by atomic mass is 16.5. The molecule has 0 spiro atoms. The van der Waals surface area contributed by atoms with Gasteiger partial charge in [-0.15, -0.1) is 0 Å². The lowest BCUT2D eigenvalue weighted by Gasteiger charge is -2.00. The fraction of sp³-hybridized carbons (Fsp3) is 0.125. The van der Waals surface area contributed by atoms with Gasteiger partial charge in [0.25, 0.3) is 5.56 Å². The molecule has 0 unspecified atom stereocenters. The molecule has 2 aromatic rings. The van der Waals surface area contributed by atoms with Crippen molar-refractivity contribution < 1.29 is 4.74 Å². The van der Waals surface area contributed by atoms with Crippen LogP contribution in [0.25, 0.3) is 11.0 Å². The van der Waals surface area contributed by atoms with Crippen LogP contribution in [0.1, 0.15) is 0 Å². The molecule has 2 rings (SSSR count). The molecule has 0 amide bonds. The van der Waals surface area contributed by atoms with E-state index in [9.17, 15) is 4.79 Å². The Morgan fingerprint density at radius 1 is 1.38 bits per heavy atom. The first kappa shape index (κ1) is 7.72. The summed E-state index contributed by atoms with van der Waals surface area (Å²) in [4.78, 5) is 21.5. The van der Waals surface area contributed by atoms with Crippen molar-refractivity contribution in [3.63, 3.8) is 0 Å². The van der Waals surface area contributed by atoms with Crippen molar-refractivity contribution in [2.75, 3.05) is 7.11 Å². The van der Waals surface area contributed by atoms with E-state index in [1.54, 1.807) is 6.07 Å². The second-order valence-electron chi connectivity index (χ2n) is 2.44. The van der Waals surface area contributed by atoms with Gasteiger partial charge in [0.15, 0.2) is 5.52 Å². The second kappa shape index (κ2) is 2.85. The van der Waals surface area contributed by atoms with Crippen molar-refractivity contribution in [1.82, 2.24) is 15.0 Å². The van der Waals surface area contributed by atoms with Crippen LogP contribution in [-0.2, 0) is 0 Å². The monoisotopic (exact) mass is 177 g/mol. The van der Waals surface area contributed by atoms with E-state index in [-0.39, 0.29) is 5.56 Å². The molecule has 5 nitrogen and oxygen atoms in total. The zero-order chi connectivity index (χ0) is 9.26. The van der Waals surface area contributed by atoms with Crippen LogP contribution in [-0.4, -0.2) is 22.1 Å². The number of nitrogens with zero attached hydrogens (tertiary/aromatic N) is 2. The van der Waals surface area contributed by atoms with E-state index in [0.29, 0.717) is 16.8 Å². The van der Waals surface area contributed by atoms with Gasteiger partial charge in [-0.2, -0.15) is 0 Å². The van der Waals surface area contributed by atoms with E-state index < -0.39 is 0 Å². The van der Waals surface area contributed by atoms with E-state index in [1.807, 2.05) is 0 Å². The average molecular weight is 177 g/mol. The topological polar surface area (TPSA) is 67.9 Å². The summed E-state index contributed by atoms with van der Waals surface area (Å²) in [7, 11) is 1.53. The maximum absolute atomic E-state index is 11.2. The van der Waals surface area contributed by atoms with Crippen LogP contribution in [0, 0.1) is 0 Å². The molecule has 0 bridgehead atoms. The number of methoxy groups -OCH3 is 1. The maximum atomic E-state index is 11.2. The summed E-state index contributed by atoms with van der Waals surface area (Å²) in [6.07, 6.45) is 2.84. The second-order valence-corrected chi connectivity index (χ2v) is 2.44. The zero-order valence-corrected chi connectivity index (χ0v) is 6.94. The lowest BCUT2D eigenvalue weighted by molar-refractivity contribution is 0.418. The maximum Gasteiger partial charge on any atom is 0.277 e. The quantitative estimate of drug-likeness (QED) is 0.681. The summed E-state index contributed by atoms with van der Waals surface area (Å²) >= 11 is 0. The zero-order valence-electron chi connectivity index (χ0n) is 6.94. The van der Waals surface area contributed by atoms with Crippen molar-refractivity contribution in [3.05, 3.63) is 28.9 Å². The van der Waals surface area contributed by atoms with Gasteiger partial charge in [-0.3, -0.25) is 4.79 Å². The molecule has 66 valence electrons. The van der Waals surface area contributed by atoms with Crippen molar-refractivity contribution in [2.24, 2.45) is 0 Å². The van der Waals surface area contributed by atoms with Gasteiger partial charge in [-0.1, -0.05) is 0 Å². The standard InChI is InChI=1S/C8H7N3O2/c1-13-5-2-3-9-7-6(5)10-4-11-8(7)12/h2-4H,1H3,(H,10,11,12). The molecule has 0 atom stereocenters. The highest BCUT2D eigenvalue weighted by molar-refractivity contribution is 5.79. The molecule has 2 heterocycles. The molecule has 1 N–H and O–H groups in total. The van der Waals surface area contributed by atoms with Gasteiger partial charge in [0.2, 0.25) is 0 Å². The van der Waals surface area contributed by atoms with Gasteiger partial charge in [0.1, 0.15) is 11.3 Å². The Labute approximate surface area is 73.4 Å². The van der Waals surface area contributed by atoms with Crippen molar-refractivity contribution in [3.8, 4) is 5.75 Å². The average Bonchev–Trinajstić information content (AvgIpc) is 2.18. The highest BCUT2D eigenvalue weighted by Crippen LogP contribution is 2.17. The highest BCUT2D eigenvalue weighted by Gasteiger charge is 2.04. The van der Waals surface area contributed by atoms with E-state index in [1.165, 1.54) is 19.6 Å². The Kier molecular flexibility index (Phi) is 1.70. The predicted molar refractivity (Wildman–Crippen MR) is 46.7 cm³/mol. The van der Waals surface area contributed by atoms with Crippen LogP contribution in [0.5, 0.6) is 5.75 Å². The molecule has 0 saturated heterocycles. The molecule has 0 aromatic carbocycles. The van der Waals surface area contributed by atoms with Gasteiger partial charge in [0, 0.05) is 12.3 Å². The third-order valence-electron chi connectivity index (χ3n) is 1.71. The van der Waals surface area contributed by atoms with Gasteiger partial charge < -0.3 is 9.72 Å². The van der Waals surface area contributed by atoms with E-state index in [2.05, 4.69) is 15.0 Å². The van der Waals surface area contributed by atoms with E-state index in [4.69, 9.17) is 4.74 Å². The van der Waals surface area contributed by atoms with Gasteiger partial charge >= 0.3 is 0 Å². The number of rotatable bonds is 1. The first-order valence-corrected chi connectivity index (χ1v) is 3.69. The number of hydrogen-bond donors (Lipinski definition) is 1. The number of hydrogen-bond acceptors (Lipinski definition) is 4. The number of nitrogens with one attached hydrogen (secondary N) is 1. The Morgan fingerprint density at radius 2 is 2.23 bits per heavy atom. The number of pyridine rings is 1. The minimum Gasteiger partial charge on any atom is -0.494 e. The SMILES string of the molecule is COc1ccnc2c(=O)[nH]cnc12. The predicted octanol–water partition coefficient (Wildman–Crippen LogP) is 0.327. The minimum absolute atomic E-state index is 0.260. The van der Waals surface area contributed by atoms with Crippen LogP contribution in [0.3, 0.4) is 0 Å². The summed E-state index contributed by atoms with van der Waals surface area (Å²) in [6.45, 7) is 0. The normalized spacial score (nSPS) is 10.2. The van der Waals surface area contributed by atoms with Crippen LogP contribution in [0.15, 0.2) is 23.4 Å². The third kappa shape index (κ3) is 1.14. The van der Waals surface area contributed by atoms with Gasteiger partial charge in [-0.05, 0) is 0 Å². The Balaban J connectivity index is 2.92. The van der Waals surface area contributed by atoms with Crippen molar-refractivity contribution in [2.45, 2.75) is 0 Å². The van der Waals surface area contributed by atoms with Crippen molar-refractivity contribution >= 4 is 11.0 Å². The summed E-state index contributed by atoms with van der Waals surface area (Å²) in [5.74, 6) is 0.552. The van der Waals surface area contributed by atoms with E-state index >= 15 is 0 Å². The molecular formula is C8H7N3O2. The molecule has 0 aliphatic rings. The largest absolute Gasteiger partial charge is 0.494 e. The van der Waals surface area contributed by atoms with Crippen LogP contribution >= 0.6 is 0 Å². The Morgan fingerprint density at radius 3 is 3.00 bits per heavy atom. The summed E-state index contributed by atoms with van der Waals surface area (Å²) < 4.78 is 5.03. The third-order valence-corrected chi connectivity index (χ3v) is 1.71. The van der Waals surface area contributed by atoms with Gasteiger partial charge in [-0.25, -0.2) is 9.97 Å². The lowest BCUT2D eigenvalue weighted by atomic mass is 10.3. The first-order valence-electron chi connectivity index (χ1n) is 3.69. The number of aromatic amines is 1. The Hall–Kier alpha value is -1.91.